The van der Waals surface area contributed by atoms with Crippen molar-refractivity contribution >= 4 is 38.3 Å². The van der Waals surface area contributed by atoms with Crippen molar-refractivity contribution in [3.63, 3.8) is 0 Å². The highest BCUT2D eigenvalue weighted by Crippen LogP contribution is 2.28. The minimum atomic E-state index is 0.449. The Kier molecular flexibility index (Phi) is 5.75. The minimum absolute atomic E-state index is 0.449. The normalized spacial score (nSPS) is 18.0. The van der Waals surface area contributed by atoms with Gasteiger partial charge in [0.15, 0.2) is 0 Å². The van der Waals surface area contributed by atoms with Gasteiger partial charge in [-0.25, -0.2) is 9.97 Å². The van der Waals surface area contributed by atoms with E-state index in [9.17, 15) is 0 Å². The van der Waals surface area contributed by atoms with Crippen LogP contribution in [0.3, 0.4) is 0 Å². The lowest BCUT2D eigenvalue weighted by Crippen LogP contribution is -2.53. The van der Waals surface area contributed by atoms with Gasteiger partial charge in [-0.1, -0.05) is 15.9 Å². The Labute approximate surface area is 191 Å². The van der Waals surface area contributed by atoms with Crippen LogP contribution in [0.25, 0.3) is 10.9 Å². The summed E-state index contributed by atoms with van der Waals surface area (Å²) >= 11 is 3.55. The molecule has 5 rings (SSSR count). The predicted octanol–water partition coefficient (Wildman–Crippen LogP) is 4.28. The molecule has 2 fully saturated rings. The zero-order chi connectivity index (χ0) is 21.2. The number of fused-ring (bicyclic) bond motifs is 1. The number of nitriles is 1. The van der Waals surface area contributed by atoms with Gasteiger partial charge in [0.1, 0.15) is 12.1 Å². The molecular weight excluding hydrogens is 452 g/mol. The van der Waals surface area contributed by atoms with Crippen LogP contribution in [0.2, 0.25) is 0 Å². The summed E-state index contributed by atoms with van der Waals surface area (Å²) in [4.78, 5) is 13.9. The third-order valence-corrected chi connectivity index (χ3v) is 6.85. The lowest BCUT2D eigenvalue weighted by Gasteiger charge is -2.44. The first kappa shape index (κ1) is 20.2. The van der Waals surface area contributed by atoms with Crippen molar-refractivity contribution in [3.05, 3.63) is 58.8 Å². The number of aromatic nitrogens is 2. The summed E-state index contributed by atoms with van der Waals surface area (Å²) in [5.41, 5.74) is 2.91. The molecule has 0 atom stereocenters. The molecule has 0 bridgehead atoms. The zero-order valence-corrected chi connectivity index (χ0v) is 18.9. The van der Waals surface area contributed by atoms with Crippen LogP contribution >= 0.6 is 15.9 Å². The van der Waals surface area contributed by atoms with Gasteiger partial charge in [0.2, 0.25) is 0 Å². The SMILES string of the molecule is N#Cc1ccc(N2CC(CN3CCC(Nc4ncnc5ccc(Br)cc45)CC3)C2)cc1. The van der Waals surface area contributed by atoms with Crippen molar-refractivity contribution in [2.75, 3.05) is 42.9 Å². The van der Waals surface area contributed by atoms with E-state index in [0.29, 0.717) is 6.04 Å². The number of benzene rings is 2. The molecule has 0 aliphatic carbocycles. The fraction of sp³-hybridized carbons (Fsp3) is 0.375. The zero-order valence-electron chi connectivity index (χ0n) is 17.3. The molecule has 2 aromatic carbocycles. The number of rotatable bonds is 5. The van der Waals surface area contributed by atoms with Crippen LogP contribution < -0.4 is 10.2 Å². The first-order chi connectivity index (χ1) is 15.2. The topological polar surface area (TPSA) is 68.1 Å². The Hall–Kier alpha value is -2.69. The third kappa shape index (κ3) is 4.51. The summed E-state index contributed by atoms with van der Waals surface area (Å²) in [5, 5.41) is 13.7. The van der Waals surface area contributed by atoms with Crippen molar-refractivity contribution < 1.29 is 0 Å². The van der Waals surface area contributed by atoms with Crippen molar-refractivity contribution in [1.29, 1.82) is 5.26 Å². The molecule has 3 aromatic rings. The molecule has 1 aromatic heterocycles. The number of halogens is 1. The monoisotopic (exact) mass is 476 g/mol. The van der Waals surface area contributed by atoms with E-state index < -0.39 is 0 Å². The first-order valence-corrected chi connectivity index (χ1v) is 11.6. The van der Waals surface area contributed by atoms with Crippen molar-refractivity contribution in [3.8, 4) is 6.07 Å². The number of hydrogen-bond acceptors (Lipinski definition) is 6. The molecule has 1 N–H and O–H groups in total. The predicted molar refractivity (Wildman–Crippen MR) is 127 cm³/mol. The fourth-order valence-corrected chi connectivity index (χ4v) is 4.97. The molecule has 0 amide bonds. The summed E-state index contributed by atoms with van der Waals surface area (Å²) in [7, 11) is 0. The standard InChI is InChI=1S/C24H25BrN6/c25-19-3-6-23-22(11-19)24(28-16-27-23)29-20-7-9-30(10-8-20)13-18-14-31(15-18)21-4-1-17(12-26)2-5-21/h1-6,11,16,18,20H,7-10,13-15H2,(H,27,28,29). The number of nitrogens with one attached hydrogen (secondary N) is 1. The number of nitrogens with zero attached hydrogens (tertiary/aromatic N) is 5. The number of anilines is 2. The van der Waals surface area contributed by atoms with Crippen molar-refractivity contribution in [2.24, 2.45) is 5.92 Å². The van der Waals surface area contributed by atoms with Gasteiger partial charge in [0.25, 0.3) is 0 Å². The molecule has 3 heterocycles. The van der Waals surface area contributed by atoms with E-state index in [1.807, 2.05) is 24.3 Å². The van der Waals surface area contributed by atoms with Crippen LogP contribution in [0.15, 0.2) is 53.3 Å². The van der Waals surface area contributed by atoms with Crippen LogP contribution in [0.5, 0.6) is 0 Å². The van der Waals surface area contributed by atoms with Gasteiger partial charge in [-0.15, -0.1) is 0 Å². The molecule has 2 aliphatic heterocycles. The highest BCUT2D eigenvalue weighted by molar-refractivity contribution is 9.10. The second-order valence-electron chi connectivity index (χ2n) is 8.53. The van der Waals surface area contributed by atoms with Crippen LogP contribution in [0, 0.1) is 17.2 Å². The molecule has 2 aliphatic rings. The van der Waals surface area contributed by atoms with Crippen LogP contribution in [-0.4, -0.2) is 53.6 Å². The molecule has 0 spiro atoms. The van der Waals surface area contributed by atoms with E-state index in [-0.39, 0.29) is 0 Å². The van der Waals surface area contributed by atoms with Gasteiger partial charge >= 0.3 is 0 Å². The summed E-state index contributed by atoms with van der Waals surface area (Å²) in [5.74, 6) is 1.66. The third-order valence-electron chi connectivity index (χ3n) is 6.36. The van der Waals surface area contributed by atoms with E-state index in [0.717, 1.165) is 71.7 Å². The average Bonchev–Trinajstić information content (AvgIpc) is 2.77. The lowest BCUT2D eigenvalue weighted by atomic mass is 9.96. The summed E-state index contributed by atoms with van der Waals surface area (Å²) in [6, 6.07) is 16.7. The van der Waals surface area contributed by atoms with Gasteiger partial charge in [-0.2, -0.15) is 5.26 Å². The second kappa shape index (κ2) is 8.81. The lowest BCUT2D eigenvalue weighted by molar-refractivity contribution is 0.174. The second-order valence-corrected chi connectivity index (χ2v) is 9.45. The largest absolute Gasteiger partial charge is 0.371 e. The molecule has 7 heteroatoms. The molecule has 0 radical (unpaired) electrons. The van der Waals surface area contributed by atoms with E-state index >= 15 is 0 Å². The van der Waals surface area contributed by atoms with E-state index in [1.165, 1.54) is 12.2 Å². The Morgan fingerprint density at radius 3 is 2.58 bits per heavy atom. The van der Waals surface area contributed by atoms with Crippen molar-refractivity contribution in [1.82, 2.24) is 14.9 Å². The molecule has 0 unspecified atom stereocenters. The molecule has 31 heavy (non-hydrogen) atoms. The van der Waals surface area contributed by atoms with E-state index in [2.05, 4.69) is 65.3 Å². The van der Waals surface area contributed by atoms with Crippen LogP contribution in [0.1, 0.15) is 18.4 Å². The van der Waals surface area contributed by atoms with E-state index in [1.54, 1.807) is 6.33 Å². The highest BCUT2D eigenvalue weighted by atomic mass is 79.9. The Morgan fingerprint density at radius 1 is 1.06 bits per heavy atom. The van der Waals surface area contributed by atoms with Gasteiger partial charge in [0.05, 0.1) is 17.1 Å². The van der Waals surface area contributed by atoms with Gasteiger partial charge in [0, 0.05) is 60.2 Å². The Balaban J connectivity index is 1.10. The van der Waals surface area contributed by atoms with Gasteiger partial charge in [-0.05, 0) is 55.3 Å². The van der Waals surface area contributed by atoms with Crippen molar-refractivity contribution in [2.45, 2.75) is 18.9 Å². The average molecular weight is 477 g/mol. The summed E-state index contributed by atoms with van der Waals surface area (Å²) in [6.07, 6.45) is 3.90. The summed E-state index contributed by atoms with van der Waals surface area (Å²) in [6.45, 7) is 5.62. The maximum absolute atomic E-state index is 8.94. The highest BCUT2D eigenvalue weighted by Gasteiger charge is 2.30. The Bertz CT molecular complexity index is 1100. The maximum atomic E-state index is 8.94. The molecule has 2 saturated heterocycles. The maximum Gasteiger partial charge on any atom is 0.137 e. The number of piperidine rings is 1. The molecule has 6 nitrogen and oxygen atoms in total. The van der Waals surface area contributed by atoms with Gasteiger partial charge in [-0.3, -0.25) is 0 Å². The fourth-order valence-electron chi connectivity index (χ4n) is 4.61. The molecule has 158 valence electrons. The smallest absolute Gasteiger partial charge is 0.137 e. The first-order valence-electron chi connectivity index (χ1n) is 10.8. The van der Waals surface area contributed by atoms with Crippen LogP contribution in [-0.2, 0) is 0 Å². The molecule has 0 saturated carbocycles. The van der Waals surface area contributed by atoms with Crippen LogP contribution in [0.4, 0.5) is 11.5 Å². The number of hydrogen-bond donors (Lipinski definition) is 1. The summed E-state index contributed by atoms with van der Waals surface area (Å²) < 4.78 is 1.04. The number of likely N-dealkylation sites (tertiary alicyclic amines) is 1. The molecular formula is C24H25BrN6. The minimum Gasteiger partial charge on any atom is -0.371 e. The van der Waals surface area contributed by atoms with E-state index in [4.69, 9.17) is 5.26 Å². The van der Waals surface area contributed by atoms with Gasteiger partial charge < -0.3 is 15.1 Å². The quantitative estimate of drug-likeness (QED) is 0.592. The Morgan fingerprint density at radius 2 is 1.84 bits per heavy atom.